The van der Waals surface area contributed by atoms with E-state index in [2.05, 4.69) is 52.3 Å². The number of rotatable bonds is 57. The maximum absolute atomic E-state index is 12.8. The molecule has 9 nitrogen and oxygen atoms in total. The van der Waals surface area contributed by atoms with Crippen molar-refractivity contribution >= 4 is 17.7 Å². The van der Waals surface area contributed by atoms with E-state index in [1.165, 1.54) is 212 Å². The van der Waals surface area contributed by atoms with Gasteiger partial charge in [0.25, 0.3) is 0 Å². The van der Waals surface area contributed by atoms with Crippen molar-refractivity contribution < 1.29 is 14.4 Å². The van der Waals surface area contributed by atoms with Gasteiger partial charge in [-0.2, -0.15) is 0 Å². The minimum Gasteiger partial charge on any atom is -0.356 e. The molecular weight excluding hydrogens is 829 g/mol. The molecule has 0 aliphatic carbocycles. The maximum atomic E-state index is 12.8. The summed E-state index contributed by atoms with van der Waals surface area (Å²) in [4.78, 5) is 40.0. The molecule has 0 saturated heterocycles. The standard InChI is InChI=1S/C58H118N6O3/c1-4-7-10-13-16-19-22-25-28-31-34-39-47-61-56(65)43-50-59-46-38-37-42-53-64(54-45-58(67)63-49-41-36-33-30-27-24-21-18-15-12-9-6-3)55-52-60-51-44-57(66)62-48-40-35-32-29-26-23-20-17-14-11-8-5-2/h59-60H,4-55H2,1-3H3,(H,61,65)(H,62,66)(H,63,67). The Morgan fingerprint density at radius 3 is 0.866 bits per heavy atom. The number of nitrogens with zero attached hydrogens (tertiary/aromatic N) is 1. The van der Waals surface area contributed by atoms with E-state index in [4.69, 9.17) is 0 Å². The summed E-state index contributed by atoms with van der Waals surface area (Å²) in [5.41, 5.74) is 0. The Kier molecular flexibility index (Phi) is 55.4. The molecule has 0 aromatic heterocycles. The molecule has 3 amide bonds. The summed E-state index contributed by atoms with van der Waals surface area (Å²) in [5, 5.41) is 16.4. The van der Waals surface area contributed by atoms with Gasteiger partial charge in [-0.1, -0.05) is 239 Å². The molecule has 0 fully saturated rings. The van der Waals surface area contributed by atoms with Gasteiger partial charge in [-0.3, -0.25) is 14.4 Å². The zero-order valence-corrected chi connectivity index (χ0v) is 45.4. The SMILES string of the molecule is CCCCCCCCCCCCCCNC(=O)CCNCCCCCN(CCNCCC(=O)NCCCCCCCCCCCCCC)CCC(=O)NCCCCCCCCCCCCCC. The van der Waals surface area contributed by atoms with Gasteiger partial charge < -0.3 is 31.5 Å². The maximum Gasteiger partial charge on any atom is 0.221 e. The normalized spacial score (nSPS) is 11.5. The summed E-state index contributed by atoms with van der Waals surface area (Å²) in [7, 11) is 0. The molecule has 398 valence electrons. The van der Waals surface area contributed by atoms with Gasteiger partial charge in [-0.05, 0) is 45.2 Å². The minimum absolute atomic E-state index is 0.140. The third kappa shape index (κ3) is 55.1. The van der Waals surface area contributed by atoms with Crippen molar-refractivity contribution in [1.29, 1.82) is 0 Å². The van der Waals surface area contributed by atoms with E-state index in [1.54, 1.807) is 0 Å². The molecule has 0 aliphatic rings. The van der Waals surface area contributed by atoms with Crippen LogP contribution in [-0.4, -0.2) is 88.1 Å². The first-order valence-electron chi connectivity index (χ1n) is 30.0. The van der Waals surface area contributed by atoms with Gasteiger partial charge in [0, 0.05) is 71.6 Å². The van der Waals surface area contributed by atoms with Gasteiger partial charge in [-0.25, -0.2) is 0 Å². The first kappa shape index (κ1) is 65.3. The van der Waals surface area contributed by atoms with Crippen LogP contribution < -0.4 is 26.6 Å². The molecule has 0 atom stereocenters. The fourth-order valence-electron chi connectivity index (χ4n) is 9.09. The van der Waals surface area contributed by atoms with Crippen molar-refractivity contribution in [3.05, 3.63) is 0 Å². The average molecular weight is 948 g/mol. The molecule has 0 bridgehead atoms. The summed E-state index contributed by atoms with van der Waals surface area (Å²) < 4.78 is 0. The minimum atomic E-state index is 0.140. The fraction of sp³-hybridized carbons (Fsp3) is 0.948. The number of hydrogen-bond donors (Lipinski definition) is 5. The van der Waals surface area contributed by atoms with Crippen LogP contribution in [0.4, 0.5) is 0 Å². The third-order valence-electron chi connectivity index (χ3n) is 13.7. The molecule has 0 heterocycles. The number of carbonyl (C=O) groups excluding carboxylic acids is 3. The van der Waals surface area contributed by atoms with E-state index in [1.807, 2.05) is 0 Å². The van der Waals surface area contributed by atoms with E-state index in [9.17, 15) is 14.4 Å². The predicted octanol–water partition coefficient (Wildman–Crippen LogP) is 14.3. The molecule has 5 N–H and O–H groups in total. The molecule has 67 heavy (non-hydrogen) atoms. The number of amides is 3. The van der Waals surface area contributed by atoms with Gasteiger partial charge in [0.15, 0.2) is 0 Å². The smallest absolute Gasteiger partial charge is 0.221 e. The fourth-order valence-corrected chi connectivity index (χ4v) is 9.09. The first-order valence-corrected chi connectivity index (χ1v) is 30.0. The van der Waals surface area contributed by atoms with E-state index in [0.717, 1.165) is 97.4 Å². The highest BCUT2D eigenvalue weighted by atomic mass is 16.2. The van der Waals surface area contributed by atoms with Gasteiger partial charge in [0.1, 0.15) is 0 Å². The molecule has 0 saturated carbocycles. The monoisotopic (exact) mass is 947 g/mol. The molecular formula is C58H118N6O3. The van der Waals surface area contributed by atoms with Crippen LogP contribution in [-0.2, 0) is 14.4 Å². The Balaban J connectivity index is 4.21. The third-order valence-corrected chi connectivity index (χ3v) is 13.7. The van der Waals surface area contributed by atoms with E-state index in [-0.39, 0.29) is 17.7 Å². The van der Waals surface area contributed by atoms with Crippen molar-refractivity contribution in [2.75, 3.05) is 65.4 Å². The van der Waals surface area contributed by atoms with Crippen LogP contribution in [0.2, 0.25) is 0 Å². The molecule has 0 aliphatic heterocycles. The van der Waals surface area contributed by atoms with Crippen LogP contribution in [0.1, 0.15) is 290 Å². The van der Waals surface area contributed by atoms with E-state index < -0.39 is 0 Å². The number of hydrogen-bond acceptors (Lipinski definition) is 6. The van der Waals surface area contributed by atoms with Crippen LogP contribution in [0, 0.1) is 0 Å². The summed E-state index contributed by atoms with van der Waals surface area (Å²) in [5.74, 6) is 0.461. The first-order chi connectivity index (χ1) is 33.0. The van der Waals surface area contributed by atoms with Gasteiger partial charge in [-0.15, -0.1) is 0 Å². The van der Waals surface area contributed by atoms with Gasteiger partial charge in [0.05, 0.1) is 0 Å². The largest absolute Gasteiger partial charge is 0.356 e. The Hall–Kier alpha value is -1.71. The predicted molar refractivity (Wildman–Crippen MR) is 292 cm³/mol. The van der Waals surface area contributed by atoms with E-state index >= 15 is 0 Å². The van der Waals surface area contributed by atoms with Crippen molar-refractivity contribution in [3.8, 4) is 0 Å². The molecule has 0 radical (unpaired) electrons. The number of carbonyl (C=O) groups is 3. The zero-order chi connectivity index (χ0) is 48.6. The highest BCUT2D eigenvalue weighted by Crippen LogP contribution is 2.14. The summed E-state index contributed by atoms with van der Waals surface area (Å²) >= 11 is 0. The number of unbranched alkanes of at least 4 members (excludes halogenated alkanes) is 35. The second-order valence-corrected chi connectivity index (χ2v) is 20.4. The lowest BCUT2D eigenvalue weighted by Gasteiger charge is -2.22. The van der Waals surface area contributed by atoms with Gasteiger partial charge >= 0.3 is 0 Å². The quantitative estimate of drug-likeness (QED) is 0.0388. The Morgan fingerprint density at radius 2 is 0.522 bits per heavy atom. The Morgan fingerprint density at radius 1 is 0.254 bits per heavy atom. The highest BCUT2D eigenvalue weighted by Gasteiger charge is 2.10. The second kappa shape index (κ2) is 56.9. The Bertz CT molecular complexity index is 1010. The summed E-state index contributed by atoms with van der Waals surface area (Å²) in [6, 6.07) is 0. The summed E-state index contributed by atoms with van der Waals surface area (Å²) in [6.45, 7) is 15.0. The van der Waals surface area contributed by atoms with Crippen LogP contribution in [0.5, 0.6) is 0 Å². The molecule has 0 spiro atoms. The molecule has 0 aromatic carbocycles. The zero-order valence-electron chi connectivity index (χ0n) is 45.4. The van der Waals surface area contributed by atoms with Crippen LogP contribution in [0.3, 0.4) is 0 Å². The van der Waals surface area contributed by atoms with Crippen molar-refractivity contribution in [2.45, 2.75) is 290 Å². The average Bonchev–Trinajstić information content (AvgIpc) is 3.33. The number of nitrogens with one attached hydrogen (secondary N) is 5. The topological polar surface area (TPSA) is 115 Å². The van der Waals surface area contributed by atoms with Crippen LogP contribution >= 0.6 is 0 Å². The van der Waals surface area contributed by atoms with Gasteiger partial charge in [0.2, 0.25) is 17.7 Å². The molecule has 0 aromatic rings. The van der Waals surface area contributed by atoms with Crippen LogP contribution in [0.15, 0.2) is 0 Å². The van der Waals surface area contributed by atoms with Crippen LogP contribution in [0.25, 0.3) is 0 Å². The Labute approximate surface area is 418 Å². The van der Waals surface area contributed by atoms with Crippen molar-refractivity contribution in [3.63, 3.8) is 0 Å². The molecule has 9 heteroatoms. The lowest BCUT2D eigenvalue weighted by molar-refractivity contribution is -0.122. The lowest BCUT2D eigenvalue weighted by atomic mass is 10.1. The summed E-state index contributed by atoms with van der Waals surface area (Å²) in [6.07, 6.45) is 52.7. The van der Waals surface area contributed by atoms with Crippen molar-refractivity contribution in [1.82, 2.24) is 31.5 Å². The molecule has 0 unspecified atom stereocenters. The second-order valence-electron chi connectivity index (χ2n) is 20.4. The lowest BCUT2D eigenvalue weighted by Crippen LogP contribution is -2.37. The molecule has 0 rings (SSSR count). The van der Waals surface area contributed by atoms with E-state index in [0.29, 0.717) is 25.8 Å². The van der Waals surface area contributed by atoms with Crippen molar-refractivity contribution in [2.24, 2.45) is 0 Å². The highest BCUT2D eigenvalue weighted by molar-refractivity contribution is 5.76.